The number of nitrogens with one attached hydrogen (secondary N) is 1. The first-order chi connectivity index (χ1) is 7.54. The molecule has 0 unspecified atom stereocenters. The SMILES string of the molecule is C=CC(=O)NSCc1cc(O)c(O)c(O)c1. The van der Waals surface area contributed by atoms with Crippen LogP contribution in [0.1, 0.15) is 5.56 Å². The summed E-state index contributed by atoms with van der Waals surface area (Å²) >= 11 is 1.09. The number of aromatic hydroxyl groups is 3. The van der Waals surface area contributed by atoms with E-state index in [2.05, 4.69) is 11.3 Å². The van der Waals surface area contributed by atoms with Gasteiger partial charge in [-0.15, -0.1) is 0 Å². The summed E-state index contributed by atoms with van der Waals surface area (Å²) in [5, 5.41) is 27.5. The van der Waals surface area contributed by atoms with Crippen LogP contribution in [0.3, 0.4) is 0 Å². The van der Waals surface area contributed by atoms with Crippen molar-refractivity contribution in [1.82, 2.24) is 4.72 Å². The first kappa shape index (κ1) is 12.3. The Kier molecular flexibility index (Phi) is 4.07. The fraction of sp³-hybridized carbons (Fsp3) is 0.100. The standard InChI is InChI=1S/C10H11NO4S/c1-2-9(14)11-16-5-6-3-7(12)10(15)8(13)4-6/h2-4,12-13,15H,1,5H2,(H,11,14). The minimum absolute atomic E-state index is 0.322. The molecule has 1 aromatic rings. The normalized spacial score (nSPS) is 9.75. The molecule has 0 aromatic heterocycles. The number of phenolic OH excluding ortho intramolecular Hbond substituents is 3. The van der Waals surface area contributed by atoms with Gasteiger partial charge in [-0.1, -0.05) is 6.58 Å². The molecule has 0 aliphatic carbocycles. The Morgan fingerprint density at radius 3 is 2.44 bits per heavy atom. The zero-order valence-corrected chi connectivity index (χ0v) is 9.12. The molecule has 0 saturated heterocycles. The maximum absolute atomic E-state index is 10.8. The van der Waals surface area contributed by atoms with Gasteiger partial charge in [-0.2, -0.15) is 0 Å². The van der Waals surface area contributed by atoms with Gasteiger partial charge in [0, 0.05) is 5.75 Å². The van der Waals surface area contributed by atoms with E-state index in [0.29, 0.717) is 11.3 Å². The summed E-state index contributed by atoms with van der Waals surface area (Å²) in [6.07, 6.45) is 1.14. The Bertz CT molecular complexity index is 396. The summed E-state index contributed by atoms with van der Waals surface area (Å²) < 4.78 is 2.47. The second kappa shape index (κ2) is 5.32. The molecular weight excluding hydrogens is 230 g/mol. The Morgan fingerprint density at radius 2 is 1.94 bits per heavy atom. The summed E-state index contributed by atoms with van der Waals surface area (Å²) in [5.74, 6) is -1.32. The van der Waals surface area contributed by atoms with Crippen molar-refractivity contribution < 1.29 is 20.1 Å². The van der Waals surface area contributed by atoms with E-state index in [0.717, 1.165) is 18.0 Å². The van der Waals surface area contributed by atoms with Crippen LogP contribution in [0, 0.1) is 0 Å². The minimum atomic E-state index is -0.552. The molecule has 86 valence electrons. The van der Waals surface area contributed by atoms with E-state index in [1.807, 2.05) is 0 Å². The van der Waals surface area contributed by atoms with Gasteiger partial charge in [0.2, 0.25) is 0 Å². The third-order valence-electron chi connectivity index (χ3n) is 1.73. The smallest absolute Gasteiger partial charge is 0.253 e. The van der Waals surface area contributed by atoms with Gasteiger partial charge in [-0.05, 0) is 35.7 Å². The van der Waals surface area contributed by atoms with E-state index in [-0.39, 0.29) is 5.91 Å². The molecule has 0 atom stereocenters. The van der Waals surface area contributed by atoms with Crippen LogP contribution in [0.5, 0.6) is 17.2 Å². The summed E-state index contributed by atoms with van der Waals surface area (Å²) in [7, 11) is 0. The molecule has 4 N–H and O–H groups in total. The van der Waals surface area contributed by atoms with Gasteiger partial charge in [-0.25, -0.2) is 0 Å². The molecule has 1 amide bonds. The molecule has 5 nitrogen and oxygen atoms in total. The molecule has 0 radical (unpaired) electrons. The summed E-state index contributed by atoms with van der Waals surface area (Å²) in [6, 6.07) is 2.62. The highest BCUT2D eigenvalue weighted by molar-refractivity contribution is 7.97. The Morgan fingerprint density at radius 1 is 1.38 bits per heavy atom. The van der Waals surface area contributed by atoms with E-state index < -0.39 is 17.2 Å². The monoisotopic (exact) mass is 241 g/mol. The maximum atomic E-state index is 10.8. The number of carbonyl (C=O) groups is 1. The van der Waals surface area contributed by atoms with Crippen molar-refractivity contribution >= 4 is 17.9 Å². The molecule has 16 heavy (non-hydrogen) atoms. The van der Waals surface area contributed by atoms with Crippen LogP contribution in [-0.2, 0) is 10.5 Å². The number of amides is 1. The fourth-order valence-corrected chi connectivity index (χ4v) is 1.61. The molecule has 1 aromatic carbocycles. The van der Waals surface area contributed by atoms with Gasteiger partial charge in [0.05, 0.1) is 0 Å². The lowest BCUT2D eigenvalue weighted by Crippen LogP contribution is -2.11. The van der Waals surface area contributed by atoms with Crippen molar-refractivity contribution in [1.29, 1.82) is 0 Å². The molecule has 0 aliphatic heterocycles. The van der Waals surface area contributed by atoms with Crippen LogP contribution >= 0.6 is 11.9 Å². The molecule has 6 heteroatoms. The van der Waals surface area contributed by atoms with E-state index in [9.17, 15) is 15.0 Å². The number of carbonyl (C=O) groups excluding carboxylic acids is 1. The molecule has 0 aliphatic rings. The largest absolute Gasteiger partial charge is 0.504 e. The average Bonchev–Trinajstić information content (AvgIpc) is 2.25. The zero-order chi connectivity index (χ0) is 12.1. The Hall–Kier alpha value is -1.82. The molecule has 0 saturated carbocycles. The van der Waals surface area contributed by atoms with Crippen LogP contribution in [0.15, 0.2) is 24.8 Å². The maximum Gasteiger partial charge on any atom is 0.253 e. The predicted molar refractivity (Wildman–Crippen MR) is 61.1 cm³/mol. The second-order valence-corrected chi connectivity index (χ2v) is 3.72. The Labute approximate surface area is 96.6 Å². The predicted octanol–water partition coefficient (Wildman–Crippen LogP) is 1.25. The highest BCUT2D eigenvalue weighted by Crippen LogP contribution is 2.36. The highest BCUT2D eigenvalue weighted by Gasteiger charge is 2.08. The van der Waals surface area contributed by atoms with Crippen LogP contribution in [0.2, 0.25) is 0 Å². The average molecular weight is 241 g/mol. The lowest BCUT2D eigenvalue weighted by atomic mass is 10.2. The van der Waals surface area contributed by atoms with Crippen LogP contribution < -0.4 is 4.72 Å². The number of phenols is 3. The number of hydrogen-bond acceptors (Lipinski definition) is 5. The molecule has 0 bridgehead atoms. The summed E-state index contributed by atoms with van der Waals surface area (Å²) in [5.41, 5.74) is 0.571. The van der Waals surface area contributed by atoms with Gasteiger partial charge in [0.15, 0.2) is 17.2 Å². The first-order valence-corrected chi connectivity index (χ1v) is 5.31. The highest BCUT2D eigenvalue weighted by atomic mass is 32.2. The topological polar surface area (TPSA) is 89.8 Å². The van der Waals surface area contributed by atoms with Crippen LogP contribution in [0.25, 0.3) is 0 Å². The van der Waals surface area contributed by atoms with E-state index in [1.54, 1.807) is 0 Å². The van der Waals surface area contributed by atoms with Crippen molar-refractivity contribution in [3.8, 4) is 17.2 Å². The molecule has 0 fully saturated rings. The third-order valence-corrected chi connectivity index (χ3v) is 2.55. The van der Waals surface area contributed by atoms with Crippen molar-refractivity contribution in [2.45, 2.75) is 5.75 Å². The lowest BCUT2D eigenvalue weighted by Gasteiger charge is -2.05. The van der Waals surface area contributed by atoms with Crippen LogP contribution in [-0.4, -0.2) is 21.2 Å². The van der Waals surface area contributed by atoms with Gasteiger partial charge >= 0.3 is 0 Å². The lowest BCUT2D eigenvalue weighted by molar-refractivity contribution is -0.114. The van der Waals surface area contributed by atoms with Crippen molar-refractivity contribution in [2.75, 3.05) is 0 Å². The fourth-order valence-electron chi connectivity index (χ4n) is 0.976. The quantitative estimate of drug-likeness (QED) is 0.362. The van der Waals surface area contributed by atoms with Crippen molar-refractivity contribution in [2.24, 2.45) is 0 Å². The zero-order valence-electron chi connectivity index (χ0n) is 8.30. The number of rotatable bonds is 4. The summed E-state index contributed by atoms with van der Waals surface area (Å²) in [6.45, 7) is 3.29. The molecule has 0 heterocycles. The van der Waals surface area contributed by atoms with Gasteiger partial charge in [0.1, 0.15) is 0 Å². The van der Waals surface area contributed by atoms with Gasteiger partial charge in [0.25, 0.3) is 5.91 Å². The second-order valence-electron chi connectivity index (χ2n) is 2.94. The van der Waals surface area contributed by atoms with Gasteiger partial charge in [-0.3, -0.25) is 9.52 Å². The van der Waals surface area contributed by atoms with E-state index >= 15 is 0 Å². The van der Waals surface area contributed by atoms with Crippen LogP contribution in [0.4, 0.5) is 0 Å². The van der Waals surface area contributed by atoms with E-state index in [1.165, 1.54) is 12.1 Å². The number of benzene rings is 1. The third kappa shape index (κ3) is 3.09. The molecule has 1 rings (SSSR count). The van der Waals surface area contributed by atoms with Gasteiger partial charge < -0.3 is 15.3 Å². The summed E-state index contributed by atoms with van der Waals surface area (Å²) in [4.78, 5) is 10.8. The first-order valence-electron chi connectivity index (χ1n) is 4.32. The van der Waals surface area contributed by atoms with Crippen molar-refractivity contribution in [3.63, 3.8) is 0 Å². The van der Waals surface area contributed by atoms with Crippen molar-refractivity contribution in [3.05, 3.63) is 30.4 Å². The Balaban J connectivity index is 2.61. The minimum Gasteiger partial charge on any atom is -0.504 e. The molecule has 0 spiro atoms. The number of hydrogen-bond donors (Lipinski definition) is 4. The molecular formula is C10H11NO4S. The van der Waals surface area contributed by atoms with E-state index in [4.69, 9.17) is 5.11 Å².